The van der Waals surface area contributed by atoms with E-state index < -0.39 is 17.6 Å². The molecule has 0 atom stereocenters. The van der Waals surface area contributed by atoms with Crippen molar-refractivity contribution in [2.75, 3.05) is 11.6 Å². The van der Waals surface area contributed by atoms with Crippen molar-refractivity contribution in [2.45, 2.75) is 18.0 Å². The largest absolute Gasteiger partial charge is 0.416 e. The zero-order chi connectivity index (χ0) is 16.3. The first-order chi connectivity index (χ1) is 10.3. The van der Waals surface area contributed by atoms with Gasteiger partial charge >= 0.3 is 6.18 Å². The Morgan fingerprint density at radius 2 is 1.82 bits per heavy atom. The summed E-state index contributed by atoms with van der Waals surface area (Å²) in [4.78, 5) is 13.1. The number of alkyl halides is 3. The lowest BCUT2D eigenvalue weighted by Crippen LogP contribution is -2.16. The Kier molecular flexibility index (Phi) is 4.81. The molecular weight excluding hydrogens is 311 g/mol. The van der Waals surface area contributed by atoms with Gasteiger partial charge in [0.05, 0.1) is 11.3 Å². The van der Waals surface area contributed by atoms with E-state index in [4.69, 9.17) is 0 Å². The van der Waals surface area contributed by atoms with E-state index in [9.17, 15) is 18.0 Å². The number of halogens is 3. The number of aryl methyl sites for hydroxylation is 1. The summed E-state index contributed by atoms with van der Waals surface area (Å²) >= 11 is 1.45. The zero-order valence-corrected chi connectivity index (χ0v) is 12.8. The number of carbonyl (C=O) groups excluding carboxylic acids is 1. The molecule has 1 N–H and O–H groups in total. The lowest BCUT2D eigenvalue weighted by Gasteiger charge is -2.13. The second kappa shape index (κ2) is 6.44. The van der Waals surface area contributed by atoms with Crippen molar-refractivity contribution in [2.24, 2.45) is 0 Å². The minimum atomic E-state index is -4.47. The average Bonchev–Trinajstić information content (AvgIpc) is 2.47. The first kappa shape index (κ1) is 16.4. The molecule has 6 heteroatoms. The predicted octanol–water partition coefficient (Wildman–Crippen LogP) is 4.99. The van der Waals surface area contributed by atoms with Gasteiger partial charge in [0.25, 0.3) is 5.91 Å². The molecule has 2 nitrogen and oxygen atoms in total. The Morgan fingerprint density at radius 3 is 2.45 bits per heavy atom. The maximum atomic E-state index is 12.8. The summed E-state index contributed by atoms with van der Waals surface area (Å²) in [6, 6.07) is 10.3. The van der Waals surface area contributed by atoms with Crippen LogP contribution in [0.5, 0.6) is 0 Å². The Morgan fingerprint density at radius 1 is 1.14 bits per heavy atom. The predicted molar refractivity (Wildman–Crippen MR) is 82.4 cm³/mol. The second-order valence-corrected chi connectivity index (χ2v) is 5.53. The third-order valence-electron chi connectivity index (χ3n) is 3.16. The summed E-state index contributed by atoms with van der Waals surface area (Å²) in [6.45, 7) is 1.61. The number of carbonyl (C=O) groups is 1. The second-order valence-electron chi connectivity index (χ2n) is 4.68. The Bertz CT molecular complexity index is 698. The van der Waals surface area contributed by atoms with Gasteiger partial charge < -0.3 is 5.32 Å². The molecule has 0 spiro atoms. The number of amides is 1. The van der Waals surface area contributed by atoms with Gasteiger partial charge in [0.1, 0.15) is 0 Å². The fourth-order valence-corrected chi connectivity index (χ4v) is 2.53. The van der Waals surface area contributed by atoms with Crippen molar-refractivity contribution in [3.05, 3.63) is 59.2 Å². The highest BCUT2D eigenvalue weighted by Gasteiger charge is 2.31. The van der Waals surface area contributed by atoms with Crippen LogP contribution in [0, 0.1) is 6.92 Å². The van der Waals surface area contributed by atoms with Crippen LogP contribution in [0.25, 0.3) is 0 Å². The third kappa shape index (κ3) is 3.62. The van der Waals surface area contributed by atoms with Gasteiger partial charge in [0.2, 0.25) is 0 Å². The molecule has 2 aromatic carbocycles. The molecule has 0 saturated heterocycles. The fraction of sp³-hybridized carbons (Fsp3) is 0.188. The van der Waals surface area contributed by atoms with Gasteiger partial charge in [-0.25, -0.2) is 0 Å². The lowest BCUT2D eigenvalue weighted by molar-refractivity contribution is -0.137. The Balaban J connectivity index is 2.33. The first-order valence-electron chi connectivity index (χ1n) is 6.45. The van der Waals surface area contributed by atoms with Crippen LogP contribution in [-0.2, 0) is 6.18 Å². The van der Waals surface area contributed by atoms with Crippen LogP contribution in [0.4, 0.5) is 18.9 Å². The molecule has 116 valence electrons. The van der Waals surface area contributed by atoms with E-state index in [0.717, 1.165) is 17.0 Å². The maximum Gasteiger partial charge on any atom is 0.416 e. The van der Waals surface area contributed by atoms with Gasteiger partial charge in [0, 0.05) is 10.5 Å². The molecule has 0 aliphatic heterocycles. The normalized spacial score (nSPS) is 11.3. The monoisotopic (exact) mass is 325 g/mol. The van der Waals surface area contributed by atoms with Crippen molar-refractivity contribution in [1.82, 2.24) is 0 Å². The number of para-hydroxylation sites is 1. The van der Waals surface area contributed by atoms with Gasteiger partial charge in [-0.1, -0.05) is 18.2 Å². The quantitative estimate of drug-likeness (QED) is 0.806. The van der Waals surface area contributed by atoms with Gasteiger partial charge in [0.15, 0.2) is 0 Å². The van der Waals surface area contributed by atoms with E-state index in [1.807, 2.05) is 18.4 Å². The molecule has 22 heavy (non-hydrogen) atoms. The topological polar surface area (TPSA) is 29.1 Å². The van der Waals surface area contributed by atoms with E-state index in [2.05, 4.69) is 5.32 Å². The zero-order valence-electron chi connectivity index (χ0n) is 12.0. The number of hydrogen-bond donors (Lipinski definition) is 1. The van der Waals surface area contributed by atoms with Crippen LogP contribution < -0.4 is 5.32 Å². The summed E-state index contributed by atoms with van der Waals surface area (Å²) in [6.07, 6.45) is -2.61. The van der Waals surface area contributed by atoms with Crippen LogP contribution in [0.2, 0.25) is 0 Å². The molecule has 0 aromatic heterocycles. The molecule has 0 aliphatic rings. The average molecular weight is 325 g/mol. The maximum absolute atomic E-state index is 12.8. The highest BCUT2D eigenvalue weighted by atomic mass is 32.2. The number of thioether (sulfide) groups is 1. The summed E-state index contributed by atoms with van der Waals surface area (Å²) in [7, 11) is 0. The van der Waals surface area contributed by atoms with Crippen molar-refractivity contribution in [3.8, 4) is 0 Å². The van der Waals surface area contributed by atoms with Crippen molar-refractivity contribution in [1.29, 1.82) is 0 Å². The molecule has 2 rings (SSSR count). The van der Waals surface area contributed by atoms with Crippen LogP contribution in [-0.4, -0.2) is 12.2 Å². The van der Waals surface area contributed by atoms with Crippen molar-refractivity contribution in [3.63, 3.8) is 0 Å². The molecule has 0 unspecified atom stereocenters. The van der Waals surface area contributed by atoms with Crippen LogP contribution in [0.1, 0.15) is 21.5 Å². The highest BCUT2D eigenvalue weighted by molar-refractivity contribution is 7.98. The molecular formula is C16H14F3NOS. The highest BCUT2D eigenvalue weighted by Crippen LogP contribution is 2.31. The van der Waals surface area contributed by atoms with E-state index in [1.54, 1.807) is 19.1 Å². The van der Waals surface area contributed by atoms with E-state index in [0.29, 0.717) is 11.3 Å². The molecule has 1 amide bonds. The smallest absolute Gasteiger partial charge is 0.321 e. The van der Waals surface area contributed by atoms with Gasteiger partial charge in [-0.05, 0) is 43.0 Å². The van der Waals surface area contributed by atoms with Crippen LogP contribution in [0.15, 0.2) is 47.4 Å². The van der Waals surface area contributed by atoms with E-state index in [1.165, 1.54) is 17.8 Å². The van der Waals surface area contributed by atoms with Crippen molar-refractivity contribution < 1.29 is 18.0 Å². The number of nitrogens with one attached hydrogen (secondary N) is 1. The van der Waals surface area contributed by atoms with E-state index in [-0.39, 0.29) is 5.56 Å². The number of anilines is 1. The van der Waals surface area contributed by atoms with E-state index >= 15 is 0 Å². The Hall–Kier alpha value is -1.95. The summed E-state index contributed by atoms with van der Waals surface area (Å²) in [5.74, 6) is -0.551. The fourth-order valence-electron chi connectivity index (χ4n) is 1.98. The summed E-state index contributed by atoms with van der Waals surface area (Å²) in [5.41, 5.74) is 0.260. The molecule has 0 aliphatic carbocycles. The minimum Gasteiger partial charge on any atom is -0.321 e. The third-order valence-corrected chi connectivity index (χ3v) is 3.96. The van der Waals surface area contributed by atoms with Crippen LogP contribution in [0.3, 0.4) is 0 Å². The van der Waals surface area contributed by atoms with Crippen LogP contribution >= 0.6 is 11.8 Å². The molecule has 2 aromatic rings. The number of rotatable bonds is 3. The molecule has 0 fully saturated rings. The standard InChI is InChI=1S/C16H14F3NOS/c1-10-7-8-11(16(17,18)19)9-12(10)15(21)20-13-5-3-4-6-14(13)22-2/h3-9H,1-2H3,(H,20,21). The molecule has 0 heterocycles. The van der Waals surface area contributed by atoms with Crippen molar-refractivity contribution >= 4 is 23.4 Å². The molecule has 0 bridgehead atoms. The summed E-state index contributed by atoms with van der Waals surface area (Å²) < 4.78 is 38.3. The van der Waals surface area contributed by atoms with Gasteiger partial charge in [-0.2, -0.15) is 13.2 Å². The minimum absolute atomic E-state index is 0.0192. The molecule has 0 saturated carbocycles. The van der Waals surface area contributed by atoms with Gasteiger partial charge in [-0.15, -0.1) is 11.8 Å². The SMILES string of the molecule is CSc1ccccc1NC(=O)c1cc(C(F)(F)F)ccc1C. The lowest BCUT2D eigenvalue weighted by atomic mass is 10.0. The number of hydrogen-bond acceptors (Lipinski definition) is 2. The van der Waals surface area contributed by atoms with Gasteiger partial charge in [-0.3, -0.25) is 4.79 Å². The summed E-state index contributed by atoms with van der Waals surface area (Å²) in [5, 5.41) is 2.67. The first-order valence-corrected chi connectivity index (χ1v) is 7.67. The number of benzene rings is 2. The Labute approximate surface area is 130 Å². The molecule has 0 radical (unpaired) electrons.